The lowest BCUT2D eigenvalue weighted by Crippen LogP contribution is -2.21. The van der Waals surface area contributed by atoms with Gasteiger partial charge in [0.1, 0.15) is 0 Å². The molecule has 3 heteroatoms. The zero-order chi connectivity index (χ0) is 5.28. The van der Waals surface area contributed by atoms with E-state index in [9.17, 15) is 8.78 Å². The highest BCUT2D eigenvalue weighted by atomic mass is 19.2. The largest absolute Gasteiger partial charge is 0.258 e. The second-order valence-electron chi connectivity index (χ2n) is 1.68. The van der Waals surface area contributed by atoms with Crippen LogP contribution >= 0.6 is 0 Å². The van der Waals surface area contributed by atoms with E-state index in [0.717, 1.165) is 0 Å². The normalized spacial score (nSPS) is 42.0. The minimum Gasteiger partial charge on any atom is -0.258 e. The van der Waals surface area contributed by atoms with Crippen LogP contribution in [0.25, 0.3) is 0 Å². The Morgan fingerprint density at radius 3 is 1.71 bits per heavy atom. The number of alkyl halides is 2. The van der Waals surface area contributed by atoms with Gasteiger partial charge < -0.3 is 0 Å². The molecular weight excluding hydrogens is 100 g/mol. The Labute approximate surface area is 40.7 Å². The van der Waals surface area contributed by atoms with Gasteiger partial charge in [-0.2, -0.15) is 0 Å². The Bertz CT molecular complexity index is 58.7. The quantitative estimate of drug-likeness (QED) is 0.454. The minimum absolute atomic E-state index is 0.321. The maximum atomic E-state index is 11.8. The third-order valence-corrected chi connectivity index (χ3v) is 1.04. The fourth-order valence-corrected chi connectivity index (χ4v) is 0.656. The molecule has 1 fully saturated rings. The molecular formula is C4H7F2N. The average molecular weight is 107 g/mol. The highest BCUT2D eigenvalue weighted by Gasteiger charge is 2.21. The molecule has 0 aromatic heterocycles. The number of nitrogens with one attached hydrogen (secondary N) is 1. The highest BCUT2D eigenvalue weighted by Crippen LogP contribution is 2.12. The minimum atomic E-state index is -1.10. The van der Waals surface area contributed by atoms with Crippen LogP contribution in [-0.4, -0.2) is 12.6 Å². The molecule has 0 saturated carbocycles. The first-order valence-corrected chi connectivity index (χ1v) is 2.33. The van der Waals surface area contributed by atoms with Crippen LogP contribution in [0.5, 0.6) is 0 Å². The molecule has 42 valence electrons. The van der Waals surface area contributed by atoms with E-state index in [0.29, 0.717) is 12.8 Å². The van der Waals surface area contributed by atoms with E-state index in [1.54, 1.807) is 0 Å². The second kappa shape index (κ2) is 1.74. The second-order valence-corrected chi connectivity index (χ2v) is 1.68. The van der Waals surface area contributed by atoms with Crippen molar-refractivity contribution in [3.63, 3.8) is 0 Å². The molecule has 0 radical (unpaired) electrons. The van der Waals surface area contributed by atoms with Gasteiger partial charge in [-0.3, -0.25) is 5.32 Å². The smallest absolute Gasteiger partial charge is 0.153 e. The van der Waals surface area contributed by atoms with E-state index in [2.05, 4.69) is 5.32 Å². The Morgan fingerprint density at radius 1 is 1.14 bits per heavy atom. The molecule has 0 aliphatic carbocycles. The summed E-state index contributed by atoms with van der Waals surface area (Å²) in [6.07, 6.45) is -1.56. The Kier molecular flexibility index (Phi) is 1.23. The van der Waals surface area contributed by atoms with E-state index < -0.39 is 12.6 Å². The summed E-state index contributed by atoms with van der Waals surface area (Å²) in [5.74, 6) is 0. The Balaban J connectivity index is 2.26. The van der Waals surface area contributed by atoms with Gasteiger partial charge in [0.2, 0.25) is 0 Å². The van der Waals surface area contributed by atoms with Crippen LogP contribution in [0.2, 0.25) is 0 Å². The summed E-state index contributed by atoms with van der Waals surface area (Å²) in [4.78, 5) is 0. The predicted octanol–water partition coefficient (Wildman–Crippen LogP) is 0.961. The zero-order valence-corrected chi connectivity index (χ0v) is 3.82. The van der Waals surface area contributed by atoms with E-state index in [-0.39, 0.29) is 0 Å². The lowest BCUT2D eigenvalue weighted by molar-refractivity contribution is 0.241. The Hall–Kier alpha value is -0.180. The molecule has 1 nitrogen and oxygen atoms in total. The van der Waals surface area contributed by atoms with Gasteiger partial charge in [0, 0.05) is 0 Å². The molecule has 1 rings (SSSR count). The SMILES string of the molecule is FC1CCC(F)N1. The van der Waals surface area contributed by atoms with Gasteiger partial charge in [-0.25, -0.2) is 8.78 Å². The Morgan fingerprint density at radius 2 is 1.57 bits per heavy atom. The van der Waals surface area contributed by atoms with Crippen molar-refractivity contribution in [2.24, 2.45) is 0 Å². The molecule has 0 aromatic carbocycles. The predicted molar refractivity (Wildman–Crippen MR) is 22.2 cm³/mol. The van der Waals surface area contributed by atoms with Crippen molar-refractivity contribution in [2.45, 2.75) is 25.4 Å². The molecule has 1 saturated heterocycles. The number of halogens is 2. The molecule has 1 aliphatic heterocycles. The molecule has 1 aliphatic rings. The molecule has 7 heavy (non-hydrogen) atoms. The van der Waals surface area contributed by atoms with Crippen molar-refractivity contribution in [1.82, 2.24) is 5.32 Å². The lowest BCUT2D eigenvalue weighted by atomic mass is 10.4. The maximum absolute atomic E-state index is 11.8. The summed E-state index contributed by atoms with van der Waals surface area (Å²) in [7, 11) is 0. The number of hydrogen-bond acceptors (Lipinski definition) is 1. The summed E-state index contributed by atoms with van der Waals surface area (Å²) in [6, 6.07) is 0. The van der Waals surface area contributed by atoms with Crippen molar-refractivity contribution in [3.05, 3.63) is 0 Å². The van der Waals surface area contributed by atoms with Gasteiger partial charge in [0.05, 0.1) is 0 Å². The van der Waals surface area contributed by atoms with Crippen molar-refractivity contribution >= 4 is 0 Å². The van der Waals surface area contributed by atoms with Crippen LogP contribution in [0.15, 0.2) is 0 Å². The molecule has 0 bridgehead atoms. The summed E-state index contributed by atoms with van der Waals surface area (Å²) in [5.41, 5.74) is 0. The monoisotopic (exact) mass is 107 g/mol. The maximum Gasteiger partial charge on any atom is 0.153 e. The third-order valence-electron chi connectivity index (χ3n) is 1.04. The third kappa shape index (κ3) is 1.09. The van der Waals surface area contributed by atoms with Crippen LogP contribution in [0.4, 0.5) is 8.78 Å². The number of hydrogen-bond donors (Lipinski definition) is 1. The first kappa shape index (κ1) is 4.97. The van der Waals surface area contributed by atoms with Crippen LogP contribution < -0.4 is 5.32 Å². The van der Waals surface area contributed by atoms with Gasteiger partial charge in [0.25, 0.3) is 0 Å². The van der Waals surface area contributed by atoms with E-state index in [1.165, 1.54) is 0 Å². The molecule has 0 aromatic rings. The standard InChI is InChI=1S/C4H7F2N/c5-3-1-2-4(6)7-3/h3-4,7H,1-2H2. The van der Waals surface area contributed by atoms with Crippen LogP contribution in [0.1, 0.15) is 12.8 Å². The van der Waals surface area contributed by atoms with Crippen molar-refractivity contribution in [1.29, 1.82) is 0 Å². The van der Waals surface area contributed by atoms with E-state index in [1.807, 2.05) is 0 Å². The molecule has 1 heterocycles. The topological polar surface area (TPSA) is 12.0 Å². The zero-order valence-electron chi connectivity index (χ0n) is 3.82. The van der Waals surface area contributed by atoms with Crippen LogP contribution in [0.3, 0.4) is 0 Å². The fraction of sp³-hybridized carbons (Fsp3) is 1.00. The van der Waals surface area contributed by atoms with E-state index >= 15 is 0 Å². The highest BCUT2D eigenvalue weighted by molar-refractivity contribution is 4.67. The van der Waals surface area contributed by atoms with Gasteiger partial charge >= 0.3 is 0 Å². The van der Waals surface area contributed by atoms with E-state index in [4.69, 9.17) is 0 Å². The number of rotatable bonds is 0. The molecule has 0 spiro atoms. The first-order valence-electron chi connectivity index (χ1n) is 2.33. The summed E-state index contributed by atoms with van der Waals surface area (Å²) >= 11 is 0. The summed E-state index contributed by atoms with van der Waals surface area (Å²) < 4.78 is 23.6. The first-order chi connectivity index (χ1) is 3.29. The fourth-order valence-electron chi connectivity index (χ4n) is 0.656. The van der Waals surface area contributed by atoms with Crippen molar-refractivity contribution < 1.29 is 8.78 Å². The summed E-state index contributed by atoms with van der Waals surface area (Å²) in [6.45, 7) is 0. The molecule has 0 amide bonds. The van der Waals surface area contributed by atoms with Crippen LogP contribution in [0, 0.1) is 0 Å². The van der Waals surface area contributed by atoms with Crippen molar-refractivity contribution in [3.8, 4) is 0 Å². The van der Waals surface area contributed by atoms with Gasteiger partial charge in [0.15, 0.2) is 12.6 Å². The molecule has 2 unspecified atom stereocenters. The van der Waals surface area contributed by atoms with Crippen molar-refractivity contribution in [2.75, 3.05) is 0 Å². The van der Waals surface area contributed by atoms with Crippen LogP contribution in [-0.2, 0) is 0 Å². The molecule has 2 atom stereocenters. The lowest BCUT2D eigenvalue weighted by Gasteiger charge is -1.95. The average Bonchev–Trinajstić information content (AvgIpc) is 1.87. The van der Waals surface area contributed by atoms with Gasteiger partial charge in [-0.05, 0) is 12.8 Å². The van der Waals surface area contributed by atoms with Gasteiger partial charge in [-0.1, -0.05) is 0 Å². The van der Waals surface area contributed by atoms with Gasteiger partial charge in [-0.15, -0.1) is 0 Å². The summed E-state index contributed by atoms with van der Waals surface area (Å²) in [5, 5.41) is 2.08. The molecule has 1 N–H and O–H groups in total.